The summed E-state index contributed by atoms with van der Waals surface area (Å²) in [5.74, 6) is 0.0744. The molecule has 0 aliphatic heterocycles. The summed E-state index contributed by atoms with van der Waals surface area (Å²) in [6.07, 6.45) is 0. The smallest absolute Gasteiger partial charge is 0.233 e. The molecule has 14 heavy (non-hydrogen) atoms. The van der Waals surface area contributed by atoms with Crippen molar-refractivity contribution in [2.24, 2.45) is 0 Å². The molecule has 0 aliphatic carbocycles. The molecule has 1 aromatic rings. The summed E-state index contributed by atoms with van der Waals surface area (Å²) in [5.41, 5.74) is 1.01. The molecule has 78 valence electrons. The van der Waals surface area contributed by atoms with Gasteiger partial charge >= 0.3 is 0 Å². The van der Waals surface area contributed by atoms with Crippen LogP contribution in [-0.2, 0) is 4.79 Å². The minimum atomic E-state index is -0.0690. The van der Waals surface area contributed by atoms with E-state index in [1.165, 1.54) is 11.8 Å². The minimum absolute atomic E-state index is 0.0690. The molecule has 5 heteroatoms. The molecule has 1 atom stereocenters. The molecule has 0 saturated heterocycles. The van der Waals surface area contributed by atoms with Gasteiger partial charge in [-0.1, -0.05) is 11.8 Å². The summed E-state index contributed by atoms with van der Waals surface area (Å²) in [4.78, 5) is 15.7. The standard InChI is InChI=1S/C9H14N2OS2/c1-4-10-8(12)7(3)14-9-11-6(2)5-13-9/h5,7H,4H2,1-3H3,(H,10,12)/t7-/m0/s1. The Labute approximate surface area is 92.3 Å². The molecule has 0 spiro atoms. The molecule has 0 bridgehead atoms. The summed E-state index contributed by atoms with van der Waals surface area (Å²) in [6.45, 7) is 6.45. The van der Waals surface area contributed by atoms with Crippen molar-refractivity contribution in [1.82, 2.24) is 10.3 Å². The van der Waals surface area contributed by atoms with Crippen LogP contribution < -0.4 is 5.32 Å². The molecule has 0 radical (unpaired) electrons. The normalized spacial score (nSPS) is 12.5. The lowest BCUT2D eigenvalue weighted by Crippen LogP contribution is -2.30. The minimum Gasteiger partial charge on any atom is -0.355 e. The fourth-order valence-corrected chi connectivity index (χ4v) is 2.92. The third-order valence-electron chi connectivity index (χ3n) is 1.60. The van der Waals surface area contributed by atoms with Crippen molar-refractivity contribution in [3.8, 4) is 0 Å². The van der Waals surface area contributed by atoms with Crippen LogP contribution in [-0.4, -0.2) is 22.7 Å². The summed E-state index contributed by atoms with van der Waals surface area (Å²) in [5, 5.41) is 4.71. The van der Waals surface area contributed by atoms with Crippen LogP contribution in [0.5, 0.6) is 0 Å². The van der Waals surface area contributed by atoms with E-state index < -0.39 is 0 Å². The lowest BCUT2D eigenvalue weighted by Gasteiger charge is -2.08. The number of carbonyl (C=O) groups excluding carboxylic acids is 1. The molecule has 0 aliphatic rings. The maximum Gasteiger partial charge on any atom is 0.233 e. The third kappa shape index (κ3) is 3.31. The molecule has 1 aromatic heterocycles. The highest BCUT2D eigenvalue weighted by Crippen LogP contribution is 2.26. The van der Waals surface area contributed by atoms with E-state index in [9.17, 15) is 4.79 Å². The molecule has 0 unspecified atom stereocenters. The van der Waals surface area contributed by atoms with Crippen molar-refractivity contribution in [3.05, 3.63) is 11.1 Å². The van der Waals surface area contributed by atoms with Crippen LogP contribution in [0.4, 0.5) is 0 Å². The zero-order valence-electron chi connectivity index (χ0n) is 8.53. The van der Waals surface area contributed by atoms with Gasteiger partial charge in [0.2, 0.25) is 5.91 Å². The molecule has 1 rings (SSSR count). The van der Waals surface area contributed by atoms with Crippen molar-refractivity contribution in [2.75, 3.05) is 6.54 Å². The topological polar surface area (TPSA) is 42.0 Å². The van der Waals surface area contributed by atoms with E-state index in [0.717, 1.165) is 10.0 Å². The maximum atomic E-state index is 11.4. The van der Waals surface area contributed by atoms with Crippen LogP contribution >= 0.6 is 23.1 Å². The predicted molar refractivity (Wildman–Crippen MR) is 60.9 cm³/mol. The van der Waals surface area contributed by atoms with Gasteiger partial charge in [0.15, 0.2) is 4.34 Å². The number of aryl methyl sites for hydroxylation is 1. The fraction of sp³-hybridized carbons (Fsp3) is 0.556. The van der Waals surface area contributed by atoms with Crippen LogP contribution in [0, 0.1) is 6.92 Å². The van der Waals surface area contributed by atoms with Gasteiger partial charge in [-0.25, -0.2) is 4.98 Å². The third-order valence-corrected chi connectivity index (χ3v) is 3.79. The van der Waals surface area contributed by atoms with Gasteiger partial charge in [0.05, 0.1) is 5.25 Å². The quantitative estimate of drug-likeness (QED) is 0.805. The number of amides is 1. The number of rotatable bonds is 4. The molecule has 0 saturated carbocycles. The van der Waals surface area contributed by atoms with Gasteiger partial charge in [-0.15, -0.1) is 11.3 Å². The zero-order chi connectivity index (χ0) is 10.6. The first kappa shape index (κ1) is 11.5. The molecule has 0 aromatic carbocycles. The molecule has 3 nitrogen and oxygen atoms in total. The van der Waals surface area contributed by atoms with Crippen molar-refractivity contribution >= 4 is 29.0 Å². The number of hydrogen-bond donors (Lipinski definition) is 1. The largest absolute Gasteiger partial charge is 0.355 e. The summed E-state index contributed by atoms with van der Waals surface area (Å²) in [7, 11) is 0. The monoisotopic (exact) mass is 230 g/mol. The SMILES string of the molecule is CCNC(=O)[C@H](C)Sc1nc(C)cs1. The van der Waals surface area contributed by atoms with E-state index in [0.29, 0.717) is 6.54 Å². The van der Waals surface area contributed by atoms with E-state index in [1.54, 1.807) is 11.3 Å². The lowest BCUT2D eigenvalue weighted by molar-refractivity contribution is -0.120. The Morgan fingerprint density at radius 2 is 2.50 bits per heavy atom. The molecule has 1 amide bonds. The molecular weight excluding hydrogens is 216 g/mol. The van der Waals surface area contributed by atoms with E-state index in [-0.39, 0.29) is 11.2 Å². The van der Waals surface area contributed by atoms with Crippen LogP contribution in [0.15, 0.2) is 9.72 Å². The van der Waals surface area contributed by atoms with Gasteiger partial charge in [-0.2, -0.15) is 0 Å². The Balaban J connectivity index is 2.48. The Hall–Kier alpha value is -0.550. The van der Waals surface area contributed by atoms with Crippen molar-refractivity contribution < 1.29 is 4.79 Å². The highest BCUT2D eigenvalue weighted by atomic mass is 32.2. The van der Waals surface area contributed by atoms with E-state index >= 15 is 0 Å². The highest BCUT2D eigenvalue weighted by Gasteiger charge is 2.14. The number of thioether (sulfide) groups is 1. The van der Waals surface area contributed by atoms with Gasteiger partial charge in [0.1, 0.15) is 0 Å². The number of thiazole rings is 1. The van der Waals surface area contributed by atoms with Crippen LogP contribution in [0.1, 0.15) is 19.5 Å². The van der Waals surface area contributed by atoms with E-state index in [4.69, 9.17) is 0 Å². The van der Waals surface area contributed by atoms with Crippen LogP contribution in [0.25, 0.3) is 0 Å². The van der Waals surface area contributed by atoms with Gasteiger partial charge in [0.25, 0.3) is 0 Å². The van der Waals surface area contributed by atoms with Gasteiger partial charge < -0.3 is 5.32 Å². The van der Waals surface area contributed by atoms with Crippen LogP contribution in [0.2, 0.25) is 0 Å². The predicted octanol–water partition coefficient (Wildman–Crippen LogP) is 2.07. The summed E-state index contributed by atoms with van der Waals surface area (Å²) >= 11 is 3.09. The number of hydrogen-bond acceptors (Lipinski definition) is 4. The van der Waals surface area contributed by atoms with Crippen molar-refractivity contribution in [1.29, 1.82) is 0 Å². The van der Waals surface area contributed by atoms with E-state index in [2.05, 4.69) is 10.3 Å². The molecular formula is C9H14N2OS2. The Bertz CT molecular complexity index is 312. The van der Waals surface area contributed by atoms with Crippen molar-refractivity contribution in [2.45, 2.75) is 30.4 Å². The summed E-state index contributed by atoms with van der Waals surface area (Å²) < 4.78 is 0.959. The number of aromatic nitrogens is 1. The zero-order valence-corrected chi connectivity index (χ0v) is 10.2. The first-order valence-corrected chi connectivity index (χ1v) is 6.26. The lowest BCUT2D eigenvalue weighted by atomic mass is 10.4. The first-order valence-electron chi connectivity index (χ1n) is 4.50. The highest BCUT2D eigenvalue weighted by molar-refractivity contribution is 8.02. The Morgan fingerprint density at radius 1 is 1.79 bits per heavy atom. The second-order valence-corrected chi connectivity index (χ2v) is 5.36. The summed E-state index contributed by atoms with van der Waals surface area (Å²) in [6, 6.07) is 0. The number of carbonyl (C=O) groups is 1. The van der Waals surface area contributed by atoms with E-state index in [1.807, 2.05) is 26.2 Å². The van der Waals surface area contributed by atoms with Crippen molar-refractivity contribution in [3.63, 3.8) is 0 Å². The number of nitrogens with zero attached hydrogens (tertiary/aromatic N) is 1. The molecule has 1 heterocycles. The second-order valence-electron chi connectivity index (χ2n) is 2.91. The van der Waals surface area contributed by atoms with Gasteiger partial charge in [-0.05, 0) is 20.8 Å². The fourth-order valence-electron chi connectivity index (χ4n) is 0.909. The van der Waals surface area contributed by atoms with Gasteiger partial charge in [0, 0.05) is 17.6 Å². The second kappa shape index (κ2) is 5.36. The average molecular weight is 230 g/mol. The van der Waals surface area contributed by atoms with Crippen LogP contribution in [0.3, 0.4) is 0 Å². The Kier molecular flexibility index (Phi) is 4.41. The maximum absolute atomic E-state index is 11.4. The molecule has 1 N–H and O–H groups in total. The number of nitrogens with one attached hydrogen (secondary N) is 1. The average Bonchev–Trinajstić information content (AvgIpc) is 2.51. The first-order chi connectivity index (χ1) is 6.63. The van der Waals surface area contributed by atoms with Gasteiger partial charge in [-0.3, -0.25) is 4.79 Å². The molecule has 0 fully saturated rings. The Morgan fingerprint density at radius 3 is 3.00 bits per heavy atom.